The van der Waals surface area contributed by atoms with E-state index < -0.39 is 4.92 Å². The summed E-state index contributed by atoms with van der Waals surface area (Å²) in [6.45, 7) is 4.68. The van der Waals surface area contributed by atoms with E-state index in [0.717, 1.165) is 38.4 Å². The van der Waals surface area contributed by atoms with Crippen molar-refractivity contribution in [1.82, 2.24) is 10.2 Å². The van der Waals surface area contributed by atoms with Crippen LogP contribution in [0.4, 0.5) is 5.69 Å². The van der Waals surface area contributed by atoms with Gasteiger partial charge in [-0.05, 0) is 23.8 Å². The molecule has 22 heavy (non-hydrogen) atoms. The van der Waals surface area contributed by atoms with Gasteiger partial charge >= 0.3 is 0 Å². The van der Waals surface area contributed by atoms with E-state index in [2.05, 4.69) is 10.2 Å². The number of hydrogen-bond donors (Lipinski definition) is 1. The molecule has 1 aromatic carbocycles. The lowest BCUT2D eigenvalue weighted by molar-refractivity contribution is -0.384. The molecule has 0 spiro atoms. The van der Waals surface area contributed by atoms with Gasteiger partial charge in [0.05, 0.1) is 18.1 Å². The standard InChI is InChI=1S/C15H19N3O4/c19-15(16-7-8-17-9-11-22-12-10-17)6-3-13-1-4-14(5-2-13)18(20)21/h1-6H,7-12H2,(H,16,19)/b6-3+. The Morgan fingerprint density at radius 2 is 2.00 bits per heavy atom. The fourth-order valence-electron chi connectivity index (χ4n) is 2.10. The predicted octanol–water partition coefficient (Wildman–Crippen LogP) is 1.06. The van der Waals surface area contributed by atoms with Crippen LogP contribution in [0.3, 0.4) is 0 Å². The van der Waals surface area contributed by atoms with E-state index >= 15 is 0 Å². The van der Waals surface area contributed by atoms with Crippen molar-refractivity contribution < 1.29 is 14.5 Å². The van der Waals surface area contributed by atoms with Gasteiger partial charge in [0.15, 0.2) is 0 Å². The molecule has 7 heteroatoms. The van der Waals surface area contributed by atoms with Gasteiger partial charge in [0, 0.05) is 44.4 Å². The summed E-state index contributed by atoms with van der Waals surface area (Å²) in [5.74, 6) is -0.174. The molecule has 1 aliphatic heterocycles. The molecule has 0 unspecified atom stereocenters. The lowest BCUT2D eigenvalue weighted by atomic mass is 10.2. The first kappa shape index (κ1) is 16.1. The van der Waals surface area contributed by atoms with Crippen molar-refractivity contribution in [3.63, 3.8) is 0 Å². The summed E-state index contributed by atoms with van der Waals surface area (Å²) < 4.78 is 5.26. The zero-order chi connectivity index (χ0) is 15.8. The minimum absolute atomic E-state index is 0.0344. The topological polar surface area (TPSA) is 84.7 Å². The third-order valence-electron chi connectivity index (χ3n) is 3.36. The maximum absolute atomic E-state index is 11.7. The summed E-state index contributed by atoms with van der Waals surface area (Å²) in [5.41, 5.74) is 0.779. The predicted molar refractivity (Wildman–Crippen MR) is 82.4 cm³/mol. The van der Waals surface area contributed by atoms with Gasteiger partial charge in [0.1, 0.15) is 0 Å². The maximum Gasteiger partial charge on any atom is 0.269 e. The molecule has 1 amide bonds. The van der Waals surface area contributed by atoms with E-state index in [-0.39, 0.29) is 11.6 Å². The van der Waals surface area contributed by atoms with Crippen LogP contribution in [0, 0.1) is 10.1 Å². The number of carbonyl (C=O) groups is 1. The van der Waals surface area contributed by atoms with Crippen LogP contribution in [-0.4, -0.2) is 55.1 Å². The van der Waals surface area contributed by atoms with Crippen LogP contribution in [0.15, 0.2) is 30.3 Å². The highest BCUT2D eigenvalue weighted by Crippen LogP contribution is 2.12. The Kier molecular flexibility index (Phi) is 6.05. The highest BCUT2D eigenvalue weighted by molar-refractivity contribution is 5.91. The Hall–Kier alpha value is -2.25. The SMILES string of the molecule is O=C(/C=C/c1ccc([N+](=O)[O-])cc1)NCCN1CCOCC1. The zero-order valence-electron chi connectivity index (χ0n) is 12.2. The van der Waals surface area contributed by atoms with Gasteiger partial charge in [-0.1, -0.05) is 0 Å². The normalized spacial score (nSPS) is 15.8. The Morgan fingerprint density at radius 1 is 1.32 bits per heavy atom. The highest BCUT2D eigenvalue weighted by Gasteiger charge is 2.09. The number of hydrogen-bond acceptors (Lipinski definition) is 5. The van der Waals surface area contributed by atoms with Gasteiger partial charge in [-0.15, -0.1) is 0 Å². The third-order valence-corrected chi connectivity index (χ3v) is 3.36. The average molecular weight is 305 g/mol. The van der Waals surface area contributed by atoms with Crippen LogP contribution in [0.5, 0.6) is 0 Å². The van der Waals surface area contributed by atoms with Crippen LogP contribution in [0.25, 0.3) is 6.08 Å². The quantitative estimate of drug-likeness (QED) is 0.482. The number of nitro benzene ring substituents is 1. The first-order valence-electron chi connectivity index (χ1n) is 7.15. The maximum atomic E-state index is 11.7. The van der Waals surface area contributed by atoms with E-state index in [9.17, 15) is 14.9 Å². The first-order valence-corrected chi connectivity index (χ1v) is 7.15. The molecule has 118 valence electrons. The Morgan fingerprint density at radius 3 is 2.64 bits per heavy atom. The van der Waals surface area contributed by atoms with Gasteiger partial charge in [0.25, 0.3) is 5.69 Å². The number of nitrogens with one attached hydrogen (secondary N) is 1. The average Bonchev–Trinajstić information content (AvgIpc) is 2.54. The summed E-state index contributed by atoms with van der Waals surface area (Å²) >= 11 is 0. The van der Waals surface area contributed by atoms with Gasteiger partial charge < -0.3 is 10.1 Å². The summed E-state index contributed by atoms with van der Waals surface area (Å²) in [6, 6.07) is 6.04. The van der Waals surface area contributed by atoms with E-state index in [1.165, 1.54) is 18.2 Å². The van der Waals surface area contributed by atoms with Crippen molar-refractivity contribution in [3.8, 4) is 0 Å². The molecule has 1 saturated heterocycles. The van der Waals surface area contributed by atoms with Gasteiger partial charge in [-0.2, -0.15) is 0 Å². The number of ether oxygens (including phenoxy) is 1. The molecule has 0 aliphatic carbocycles. The van der Waals surface area contributed by atoms with Crippen molar-refractivity contribution in [1.29, 1.82) is 0 Å². The Labute approximate surface area is 128 Å². The van der Waals surface area contributed by atoms with Crippen LogP contribution < -0.4 is 5.32 Å². The van der Waals surface area contributed by atoms with Crippen molar-refractivity contribution in [2.45, 2.75) is 0 Å². The van der Waals surface area contributed by atoms with Crippen molar-refractivity contribution >= 4 is 17.7 Å². The molecule has 1 aliphatic rings. The molecule has 1 fully saturated rings. The van der Waals surface area contributed by atoms with E-state index in [1.54, 1.807) is 18.2 Å². The van der Waals surface area contributed by atoms with Gasteiger partial charge in [-0.3, -0.25) is 19.8 Å². The molecule has 1 aromatic rings. The molecular weight excluding hydrogens is 286 g/mol. The number of carbonyl (C=O) groups excluding carboxylic acids is 1. The molecule has 1 N–H and O–H groups in total. The third kappa shape index (κ3) is 5.27. The van der Waals surface area contributed by atoms with Crippen molar-refractivity contribution in [2.75, 3.05) is 39.4 Å². The van der Waals surface area contributed by atoms with E-state index in [0.29, 0.717) is 6.54 Å². The zero-order valence-corrected chi connectivity index (χ0v) is 12.2. The summed E-state index contributed by atoms with van der Waals surface area (Å²) in [7, 11) is 0. The second-order valence-electron chi connectivity index (χ2n) is 4.93. The molecule has 0 saturated carbocycles. The minimum Gasteiger partial charge on any atom is -0.379 e. The number of nitro groups is 1. The van der Waals surface area contributed by atoms with E-state index in [1.807, 2.05) is 0 Å². The summed E-state index contributed by atoms with van der Waals surface area (Å²) in [6.07, 6.45) is 3.06. The van der Waals surface area contributed by atoms with Gasteiger partial charge in [-0.25, -0.2) is 0 Å². The molecular formula is C15H19N3O4. The number of rotatable bonds is 6. The number of morpholine rings is 1. The monoisotopic (exact) mass is 305 g/mol. The molecule has 0 bridgehead atoms. The van der Waals surface area contributed by atoms with Crippen LogP contribution >= 0.6 is 0 Å². The molecule has 1 heterocycles. The fourth-order valence-corrected chi connectivity index (χ4v) is 2.10. The fraction of sp³-hybridized carbons (Fsp3) is 0.400. The molecule has 0 aromatic heterocycles. The Balaban J connectivity index is 1.72. The smallest absolute Gasteiger partial charge is 0.269 e. The lowest BCUT2D eigenvalue weighted by Crippen LogP contribution is -2.41. The molecule has 2 rings (SSSR count). The second-order valence-corrected chi connectivity index (χ2v) is 4.93. The first-order chi connectivity index (χ1) is 10.6. The Bertz CT molecular complexity index is 536. The molecule has 0 radical (unpaired) electrons. The van der Waals surface area contributed by atoms with Crippen molar-refractivity contribution in [2.24, 2.45) is 0 Å². The summed E-state index contributed by atoms with van der Waals surface area (Å²) in [4.78, 5) is 24.0. The van der Waals surface area contributed by atoms with Crippen LogP contribution in [-0.2, 0) is 9.53 Å². The number of benzene rings is 1. The number of amides is 1. The molecule has 7 nitrogen and oxygen atoms in total. The van der Waals surface area contributed by atoms with Crippen LogP contribution in [0.1, 0.15) is 5.56 Å². The van der Waals surface area contributed by atoms with Gasteiger partial charge in [0.2, 0.25) is 5.91 Å². The number of nitrogens with zero attached hydrogens (tertiary/aromatic N) is 2. The summed E-state index contributed by atoms with van der Waals surface area (Å²) in [5, 5.41) is 13.4. The largest absolute Gasteiger partial charge is 0.379 e. The van der Waals surface area contributed by atoms with E-state index in [4.69, 9.17) is 4.74 Å². The van der Waals surface area contributed by atoms with Crippen LogP contribution in [0.2, 0.25) is 0 Å². The second kappa shape index (κ2) is 8.26. The van der Waals surface area contributed by atoms with Crippen molar-refractivity contribution in [3.05, 3.63) is 46.0 Å². The number of non-ortho nitro benzene ring substituents is 1. The molecule has 0 atom stereocenters. The highest BCUT2D eigenvalue weighted by atomic mass is 16.6. The minimum atomic E-state index is -0.453. The lowest BCUT2D eigenvalue weighted by Gasteiger charge is -2.26.